The van der Waals surface area contributed by atoms with Crippen molar-refractivity contribution in [2.45, 2.75) is 26.0 Å². The van der Waals surface area contributed by atoms with E-state index in [4.69, 9.17) is 14.2 Å². The molecule has 3 aromatic carbocycles. The van der Waals surface area contributed by atoms with Crippen LogP contribution in [-0.2, 0) is 9.59 Å². The number of fused-ring (bicyclic) bond motifs is 1. The van der Waals surface area contributed by atoms with Crippen LogP contribution in [0.1, 0.15) is 31.0 Å². The van der Waals surface area contributed by atoms with Crippen molar-refractivity contribution in [1.29, 1.82) is 0 Å². The van der Waals surface area contributed by atoms with Gasteiger partial charge in [-0.15, -0.1) is 0 Å². The van der Waals surface area contributed by atoms with Crippen molar-refractivity contribution in [1.82, 2.24) is 9.97 Å². The third-order valence-corrected chi connectivity index (χ3v) is 6.28. The molecule has 4 aromatic rings. The number of aliphatic hydroxyl groups is 1. The Hall–Kier alpha value is -4.79. The zero-order chi connectivity index (χ0) is 27.0. The van der Waals surface area contributed by atoms with Crippen LogP contribution in [0.15, 0.2) is 72.3 Å². The van der Waals surface area contributed by atoms with E-state index in [0.717, 1.165) is 0 Å². The number of methoxy groups -OCH3 is 2. The lowest BCUT2D eigenvalue weighted by molar-refractivity contribution is -0.132. The van der Waals surface area contributed by atoms with Gasteiger partial charge in [-0.2, -0.15) is 0 Å². The van der Waals surface area contributed by atoms with Crippen LogP contribution in [0.25, 0.3) is 16.8 Å². The monoisotopic (exact) mass is 513 g/mol. The Bertz CT molecular complexity index is 1540. The number of hydrogen-bond donors (Lipinski definition) is 2. The van der Waals surface area contributed by atoms with E-state index in [2.05, 4.69) is 9.97 Å². The smallest absolute Gasteiger partial charge is 0.302 e. The number of H-pyrrole nitrogens is 1. The van der Waals surface area contributed by atoms with Gasteiger partial charge in [-0.05, 0) is 67.9 Å². The third-order valence-electron chi connectivity index (χ3n) is 6.28. The van der Waals surface area contributed by atoms with Crippen LogP contribution >= 0.6 is 0 Å². The van der Waals surface area contributed by atoms with E-state index in [0.29, 0.717) is 39.4 Å². The number of nitrogens with zero attached hydrogens (tertiary/aromatic N) is 2. The fourth-order valence-corrected chi connectivity index (χ4v) is 4.49. The molecule has 0 spiro atoms. The molecule has 1 aromatic heterocycles. The number of carbonyl (C=O) groups excluding carboxylic acids is 2. The van der Waals surface area contributed by atoms with Crippen LogP contribution < -0.4 is 19.1 Å². The number of aliphatic hydroxyl groups excluding tert-OH is 1. The Kier molecular flexibility index (Phi) is 6.50. The molecule has 0 bridgehead atoms. The summed E-state index contributed by atoms with van der Waals surface area (Å²) in [5.74, 6) is 0.119. The third kappa shape index (κ3) is 4.43. The van der Waals surface area contributed by atoms with Gasteiger partial charge in [0.2, 0.25) is 5.95 Å². The van der Waals surface area contributed by atoms with E-state index < -0.39 is 17.7 Å². The number of aromatic amines is 1. The molecule has 38 heavy (non-hydrogen) atoms. The van der Waals surface area contributed by atoms with E-state index in [1.54, 1.807) is 80.9 Å². The highest BCUT2D eigenvalue weighted by molar-refractivity contribution is 6.51. The molecule has 5 rings (SSSR count). The largest absolute Gasteiger partial charge is 0.507 e. The highest BCUT2D eigenvalue weighted by Gasteiger charge is 2.48. The predicted molar refractivity (Wildman–Crippen MR) is 143 cm³/mol. The van der Waals surface area contributed by atoms with Gasteiger partial charge in [0, 0.05) is 11.6 Å². The Morgan fingerprint density at radius 1 is 0.921 bits per heavy atom. The van der Waals surface area contributed by atoms with Gasteiger partial charge in [0.1, 0.15) is 23.0 Å². The first-order chi connectivity index (χ1) is 18.3. The van der Waals surface area contributed by atoms with E-state index >= 15 is 0 Å². The maximum atomic E-state index is 13.4. The molecule has 1 fully saturated rings. The van der Waals surface area contributed by atoms with Crippen molar-refractivity contribution in [3.8, 4) is 17.2 Å². The van der Waals surface area contributed by atoms with Gasteiger partial charge in [0.25, 0.3) is 5.78 Å². The van der Waals surface area contributed by atoms with Crippen molar-refractivity contribution >= 4 is 34.4 Å². The molecular weight excluding hydrogens is 486 g/mol. The van der Waals surface area contributed by atoms with Crippen molar-refractivity contribution < 1.29 is 28.9 Å². The lowest BCUT2D eigenvalue weighted by Crippen LogP contribution is -2.30. The number of benzene rings is 3. The first kappa shape index (κ1) is 24.9. The predicted octanol–water partition coefficient (Wildman–Crippen LogP) is 4.99. The second-order valence-corrected chi connectivity index (χ2v) is 9.08. The molecule has 0 radical (unpaired) electrons. The maximum Gasteiger partial charge on any atom is 0.302 e. The van der Waals surface area contributed by atoms with E-state index in [1.807, 2.05) is 13.8 Å². The number of hydrogen-bond acceptors (Lipinski definition) is 7. The van der Waals surface area contributed by atoms with Gasteiger partial charge in [-0.1, -0.05) is 12.1 Å². The minimum atomic E-state index is -0.935. The van der Waals surface area contributed by atoms with E-state index in [-0.39, 0.29) is 23.4 Å². The first-order valence-corrected chi connectivity index (χ1v) is 12.1. The number of rotatable bonds is 7. The highest BCUT2D eigenvalue weighted by atomic mass is 16.5. The zero-order valence-corrected chi connectivity index (χ0v) is 21.4. The molecule has 1 unspecified atom stereocenters. The van der Waals surface area contributed by atoms with Crippen molar-refractivity contribution in [2.24, 2.45) is 0 Å². The second kappa shape index (κ2) is 9.93. The normalized spacial score (nSPS) is 16.9. The number of aromatic nitrogens is 2. The summed E-state index contributed by atoms with van der Waals surface area (Å²) >= 11 is 0. The van der Waals surface area contributed by atoms with Crippen LogP contribution in [0.2, 0.25) is 0 Å². The van der Waals surface area contributed by atoms with Gasteiger partial charge in [0.15, 0.2) is 0 Å². The molecular formula is C29H27N3O6. The topological polar surface area (TPSA) is 114 Å². The number of anilines is 1. The Morgan fingerprint density at radius 3 is 2.18 bits per heavy atom. The Morgan fingerprint density at radius 2 is 1.55 bits per heavy atom. The SMILES string of the molecule is COc1ccc(C2/C(=C(\O)c3ccc(OC(C)C)cc3)C(=O)C(=O)N2c2nc3ccc(OC)cc3[nH]2)cc1. The van der Waals surface area contributed by atoms with Crippen molar-refractivity contribution in [3.63, 3.8) is 0 Å². The molecule has 9 nitrogen and oxygen atoms in total. The number of nitrogens with one attached hydrogen (secondary N) is 1. The van der Waals surface area contributed by atoms with Crippen LogP contribution in [0.5, 0.6) is 17.2 Å². The molecule has 1 amide bonds. The van der Waals surface area contributed by atoms with Gasteiger partial charge >= 0.3 is 5.91 Å². The van der Waals surface area contributed by atoms with Gasteiger partial charge < -0.3 is 24.3 Å². The summed E-state index contributed by atoms with van der Waals surface area (Å²) in [6.07, 6.45) is -0.0152. The van der Waals surface area contributed by atoms with Crippen molar-refractivity contribution in [3.05, 3.63) is 83.4 Å². The number of amides is 1. The average Bonchev–Trinajstić information content (AvgIpc) is 3.45. The minimum Gasteiger partial charge on any atom is -0.507 e. The molecule has 1 saturated heterocycles. The number of carbonyl (C=O) groups is 2. The molecule has 1 aliphatic rings. The molecule has 0 aliphatic carbocycles. The quantitative estimate of drug-likeness (QED) is 0.203. The van der Waals surface area contributed by atoms with Crippen LogP contribution in [0.4, 0.5) is 5.95 Å². The first-order valence-electron chi connectivity index (χ1n) is 12.1. The van der Waals surface area contributed by atoms with E-state index in [1.165, 1.54) is 4.90 Å². The van der Waals surface area contributed by atoms with Gasteiger partial charge in [-0.25, -0.2) is 4.98 Å². The number of imidazole rings is 1. The average molecular weight is 514 g/mol. The summed E-state index contributed by atoms with van der Waals surface area (Å²) in [6.45, 7) is 3.83. The fraction of sp³-hybridized carbons (Fsp3) is 0.207. The zero-order valence-electron chi connectivity index (χ0n) is 21.4. The lowest BCUT2D eigenvalue weighted by atomic mass is 9.95. The Balaban J connectivity index is 1.65. The maximum absolute atomic E-state index is 13.4. The lowest BCUT2D eigenvalue weighted by Gasteiger charge is -2.23. The summed E-state index contributed by atoms with van der Waals surface area (Å²) in [6, 6.07) is 18.0. The molecule has 1 aliphatic heterocycles. The summed E-state index contributed by atoms with van der Waals surface area (Å²) in [4.78, 5) is 35.8. The molecule has 0 saturated carbocycles. The number of ketones is 1. The Labute approximate surface area is 219 Å². The van der Waals surface area contributed by atoms with Gasteiger partial charge in [0.05, 0.1) is 43.0 Å². The summed E-state index contributed by atoms with van der Waals surface area (Å²) < 4.78 is 16.3. The van der Waals surface area contributed by atoms with Crippen LogP contribution in [0, 0.1) is 0 Å². The molecule has 9 heteroatoms. The standard InChI is InChI=1S/C29H27N3O6/c1-16(2)38-20-11-7-18(8-12-20)26(33)24-25(17-5-9-19(36-3)10-6-17)32(28(35)27(24)34)29-30-22-14-13-21(37-4)15-23(22)31-29/h5-16,25,33H,1-4H3,(H,30,31)/b26-24+. The van der Waals surface area contributed by atoms with E-state index in [9.17, 15) is 14.7 Å². The summed E-state index contributed by atoms with van der Waals surface area (Å²) in [5.41, 5.74) is 2.17. The minimum absolute atomic E-state index is 0.0152. The molecule has 2 heterocycles. The van der Waals surface area contributed by atoms with Gasteiger partial charge in [-0.3, -0.25) is 14.5 Å². The van der Waals surface area contributed by atoms with Crippen LogP contribution in [0.3, 0.4) is 0 Å². The van der Waals surface area contributed by atoms with Crippen LogP contribution in [-0.4, -0.2) is 47.1 Å². The molecule has 2 N–H and O–H groups in total. The summed E-state index contributed by atoms with van der Waals surface area (Å²) in [7, 11) is 3.11. The van der Waals surface area contributed by atoms with Crippen molar-refractivity contribution in [2.75, 3.05) is 19.1 Å². The number of Topliss-reactive ketones (excluding diaryl/α,β-unsaturated/α-hetero) is 1. The number of ether oxygens (including phenoxy) is 3. The fourth-order valence-electron chi connectivity index (χ4n) is 4.49. The molecule has 1 atom stereocenters. The summed E-state index contributed by atoms with van der Waals surface area (Å²) in [5, 5.41) is 11.4. The molecule has 194 valence electrons. The second-order valence-electron chi connectivity index (χ2n) is 9.08. The highest BCUT2D eigenvalue weighted by Crippen LogP contribution is 2.42.